The zero-order valence-corrected chi connectivity index (χ0v) is 17.7. The molecule has 1 aliphatic rings. The monoisotopic (exact) mass is 416 g/mol. The summed E-state index contributed by atoms with van der Waals surface area (Å²) in [6, 6.07) is 12.6. The second-order valence-electron chi connectivity index (χ2n) is 7.33. The zero-order valence-electron chi connectivity index (χ0n) is 16.1. The van der Waals surface area contributed by atoms with Crippen molar-refractivity contribution in [3.8, 4) is 16.3 Å². The van der Waals surface area contributed by atoms with E-state index in [1.807, 2.05) is 24.3 Å². The minimum absolute atomic E-state index is 0.284. The Labute approximate surface area is 169 Å². The number of aromatic nitrogens is 1. The molecule has 0 atom stereocenters. The number of pyridine rings is 1. The molecule has 0 radical (unpaired) electrons. The third kappa shape index (κ3) is 4.06. The third-order valence-corrected chi connectivity index (χ3v) is 8.02. The van der Waals surface area contributed by atoms with Gasteiger partial charge in [0.2, 0.25) is 0 Å². The Kier molecular flexibility index (Phi) is 5.40. The molecule has 0 spiro atoms. The Balaban J connectivity index is 1.68. The van der Waals surface area contributed by atoms with Crippen LogP contribution < -0.4 is 4.74 Å². The highest BCUT2D eigenvalue weighted by atomic mass is 32.2. The van der Waals surface area contributed by atoms with Crippen LogP contribution in [0.15, 0.2) is 41.8 Å². The van der Waals surface area contributed by atoms with E-state index in [0.29, 0.717) is 12.8 Å². The van der Waals surface area contributed by atoms with Crippen LogP contribution in [0.1, 0.15) is 18.4 Å². The number of hydrogen-bond donors (Lipinski definition) is 0. The van der Waals surface area contributed by atoms with Crippen LogP contribution in [0, 0.1) is 0 Å². The molecule has 1 fully saturated rings. The van der Waals surface area contributed by atoms with Gasteiger partial charge in [0.15, 0.2) is 0 Å². The van der Waals surface area contributed by atoms with Crippen molar-refractivity contribution in [1.82, 2.24) is 9.88 Å². The molecule has 148 valence electrons. The predicted molar refractivity (Wildman–Crippen MR) is 115 cm³/mol. The van der Waals surface area contributed by atoms with E-state index in [-0.39, 0.29) is 17.5 Å². The van der Waals surface area contributed by atoms with Crippen molar-refractivity contribution in [1.29, 1.82) is 0 Å². The van der Waals surface area contributed by atoms with Crippen LogP contribution in [0.25, 0.3) is 21.5 Å². The topological polar surface area (TPSA) is 59.5 Å². The summed E-state index contributed by atoms with van der Waals surface area (Å²) >= 11 is 1.68. The summed E-state index contributed by atoms with van der Waals surface area (Å²) in [5.74, 6) is 1.37. The fourth-order valence-corrected chi connectivity index (χ4v) is 6.00. The van der Waals surface area contributed by atoms with Crippen LogP contribution in [-0.2, 0) is 16.4 Å². The first-order chi connectivity index (χ1) is 13.4. The minimum atomic E-state index is -2.85. The van der Waals surface area contributed by atoms with Gasteiger partial charge in [0.05, 0.1) is 34.7 Å². The Morgan fingerprint density at radius 2 is 2.00 bits per heavy atom. The number of nitrogens with zero attached hydrogens (tertiary/aromatic N) is 2. The minimum Gasteiger partial charge on any atom is -0.497 e. The number of hydrogen-bond acceptors (Lipinski definition) is 6. The number of rotatable bonds is 5. The van der Waals surface area contributed by atoms with Gasteiger partial charge < -0.3 is 4.74 Å². The van der Waals surface area contributed by atoms with Crippen molar-refractivity contribution in [2.24, 2.45) is 0 Å². The second-order valence-corrected chi connectivity index (χ2v) is 10.6. The number of thiophene rings is 1. The van der Waals surface area contributed by atoms with Crippen LogP contribution in [0.5, 0.6) is 5.75 Å². The van der Waals surface area contributed by atoms with E-state index in [2.05, 4.69) is 29.5 Å². The molecule has 7 heteroatoms. The molecule has 3 heterocycles. The highest BCUT2D eigenvalue weighted by Gasteiger charge is 2.27. The normalized spacial score (nSPS) is 17.2. The van der Waals surface area contributed by atoms with Gasteiger partial charge in [-0.3, -0.25) is 4.90 Å². The molecule has 0 bridgehead atoms. The molecule has 1 aliphatic heterocycles. The quantitative estimate of drug-likeness (QED) is 0.630. The van der Waals surface area contributed by atoms with Gasteiger partial charge >= 0.3 is 0 Å². The first kappa shape index (κ1) is 19.4. The molecule has 1 saturated heterocycles. The molecule has 0 saturated carbocycles. The standard InChI is InChI=1S/C21H24N2O3S2/c1-23(17-7-10-28(24,25)11-8-17)14-16-12-15-5-6-18(26-2)13-19(15)22-21(16)20-4-3-9-27-20/h3-6,9,12-13,17H,7-8,10-11,14H2,1-2H3. The van der Waals surface area contributed by atoms with Gasteiger partial charge in [-0.05, 0) is 55.1 Å². The summed E-state index contributed by atoms with van der Waals surface area (Å²) < 4.78 is 28.8. The highest BCUT2D eigenvalue weighted by molar-refractivity contribution is 7.91. The van der Waals surface area contributed by atoms with Crippen molar-refractivity contribution < 1.29 is 13.2 Å². The van der Waals surface area contributed by atoms with Crippen molar-refractivity contribution in [3.05, 3.63) is 47.3 Å². The summed E-state index contributed by atoms with van der Waals surface area (Å²) in [5, 5.41) is 3.14. The van der Waals surface area contributed by atoms with Gasteiger partial charge in [-0.1, -0.05) is 6.07 Å². The first-order valence-corrected chi connectivity index (χ1v) is 12.1. The van der Waals surface area contributed by atoms with Gasteiger partial charge in [0.1, 0.15) is 15.6 Å². The van der Waals surface area contributed by atoms with Crippen LogP contribution in [0.4, 0.5) is 0 Å². The number of sulfone groups is 1. The number of benzene rings is 1. The molecule has 0 unspecified atom stereocenters. The number of fused-ring (bicyclic) bond motifs is 1. The van der Waals surface area contributed by atoms with Crippen LogP contribution in [0.3, 0.4) is 0 Å². The molecule has 3 aromatic rings. The molecule has 2 aromatic heterocycles. The maximum absolute atomic E-state index is 11.7. The van der Waals surface area contributed by atoms with Crippen molar-refractivity contribution in [2.75, 3.05) is 25.7 Å². The van der Waals surface area contributed by atoms with E-state index >= 15 is 0 Å². The second kappa shape index (κ2) is 7.81. The Morgan fingerprint density at radius 1 is 1.21 bits per heavy atom. The smallest absolute Gasteiger partial charge is 0.150 e. The average molecular weight is 417 g/mol. The molecule has 1 aromatic carbocycles. The Hall–Kier alpha value is -1.96. The van der Waals surface area contributed by atoms with Crippen molar-refractivity contribution in [3.63, 3.8) is 0 Å². The summed E-state index contributed by atoms with van der Waals surface area (Å²) in [6.07, 6.45) is 1.40. The van der Waals surface area contributed by atoms with E-state index in [1.54, 1.807) is 18.4 Å². The lowest BCUT2D eigenvalue weighted by Crippen LogP contribution is -2.38. The fraction of sp³-hybridized carbons (Fsp3) is 0.381. The molecule has 5 nitrogen and oxygen atoms in total. The zero-order chi connectivity index (χ0) is 19.7. The lowest BCUT2D eigenvalue weighted by molar-refractivity contribution is 0.219. The molecule has 0 amide bonds. The predicted octanol–water partition coefficient (Wildman–Crippen LogP) is 3.98. The third-order valence-electron chi connectivity index (χ3n) is 5.43. The lowest BCUT2D eigenvalue weighted by Gasteiger charge is -2.31. The van der Waals surface area contributed by atoms with Crippen LogP contribution in [0.2, 0.25) is 0 Å². The van der Waals surface area contributed by atoms with Crippen molar-refractivity contribution in [2.45, 2.75) is 25.4 Å². The number of methoxy groups -OCH3 is 1. The van der Waals surface area contributed by atoms with Gasteiger partial charge in [-0.25, -0.2) is 13.4 Å². The summed E-state index contributed by atoms with van der Waals surface area (Å²) in [6.45, 7) is 0.743. The van der Waals surface area contributed by atoms with E-state index in [4.69, 9.17) is 9.72 Å². The lowest BCUT2D eigenvalue weighted by atomic mass is 10.0. The van der Waals surface area contributed by atoms with E-state index in [9.17, 15) is 8.42 Å². The summed E-state index contributed by atoms with van der Waals surface area (Å²) in [5.41, 5.74) is 3.07. The Morgan fingerprint density at radius 3 is 2.68 bits per heavy atom. The van der Waals surface area contributed by atoms with Gasteiger partial charge in [-0.15, -0.1) is 11.3 Å². The SMILES string of the molecule is COc1ccc2cc(CN(C)C3CCS(=O)(=O)CC3)c(-c3cccs3)nc2c1. The largest absolute Gasteiger partial charge is 0.497 e. The van der Waals surface area contributed by atoms with Crippen LogP contribution >= 0.6 is 11.3 Å². The van der Waals surface area contributed by atoms with E-state index < -0.39 is 9.84 Å². The van der Waals surface area contributed by atoms with E-state index in [1.165, 1.54) is 0 Å². The average Bonchev–Trinajstić information content (AvgIpc) is 3.21. The Bertz CT molecular complexity index is 1060. The number of ether oxygens (including phenoxy) is 1. The first-order valence-electron chi connectivity index (χ1n) is 9.37. The highest BCUT2D eigenvalue weighted by Crippen LogP contribution is 2.32. The van der Waals surface area contributed by atoms with Crippen LogP contribution in [-0.4, -0.2) is 50.0 Å². The molecular formula is C21H24N2O3S2. The fourth-order valence-electron chi connectivity index (χ4n) is 3.78. The van der Waals surface area contributed by atoms with E-state index in [0.717, 1.165) is 39.3 Å². The molecule has 28 heavy (non-hydrogen) atoms. The van der Waals surface area contributed by atoms with Gasteiger partial charge in [-0.2, -0.15) is 0 Å². The van der Waals surface area contributed by atoms with Gasteiger partial charge in [0, 0.05) is 24.0 Å². The van der Waals surface area contributed by atoms with Gasteiger partial charge in [0.25, 0.3) is 0 Å². The summed E-state index contributed by atoms with van der Waals surface area (Å²) in [7, 11) is 0.894. The molecule has 0 N–H and O–H groups in total. The van der Waals surface area contributed by atoms with Crippen molar-refractivity contribution >= 4 is 32.1 Å². The maximum Gasteiger partial charge on any atom is 0.150 e. The molecule has 0 aliphatic carbocycles. The summed E-state index contributed by atoms with van der Waals surface area (Å²) in [4.78, 5) is 8.37. The molecular weight excluding hydrogens is 392 g/mol. The maximum atomic E-state index is 11.7. The molecule has 4 rings (SSSR count).